The Morgan fingerprint density at radius 2 is 1.88 bits per heavy atom. The van der Waals surface area contributed by atoms with E-state index in [1.54, 1.807) is 29.4 Å². The van der Waals surface area contributed by atoms with Gasteiger partial charge in [0.2, 0.25) is 0 Å². The fourth-order valence-electron chi connectivity index (χ4n) is 2.82. The molecule has 3 aromatic rings. The summed E-state index contributed by atoms with van der Waals surface area (Å²) in [5, 5.41) is 0.967. The SMILES string of the molecule is Cc1ccc2[nH]c(=O)c(CN(C(=O)c3ccncc3)C(C)C)cc2c1. The van der Waals surface area contributed by atoms with Gasteiger partial charge in [-0.3, -0.25) is 14.6 Å². The van der Waals surface area contributed by atoms with Crippen LogP contribution in [0.15, 0.2) is 53.6 Å². The van der Waals surface area contributed by atoms with Crippen LogP contribution in [0.4, 0.5) is 0 Å². The molecule has 25 heavy (non-hydrogen) atoms. The number of amides is 1. The number of fused-ring (bicyclic) bond motifs is 1. The van der Waals surface area contributed by atoms with Crippen LogP contribution in [0.1, 0.15) is 35.3 Å². The van der Waals surface area contributed by atoms with Gasteiger partial charge < -0.3 is 9.88 Å². The highest BCUT2D eigenvalue weighted by molar-refractivity contribution is 5.94. The Kier molecular flexibility index (Phi) is 4.65. The van der Waals surface area contributed by atoms with Crippen LogP contribution in [0.5, 0.6) is 0 Å². The van der Waals surface area contributed by atoms with Crippen molar-refractivity contribution < 1.29 is 4.79 Å². The van der Waals surface area contributed by atoms with E-state index in [0.717, 1.165) is 16.5 Å². The summed E-state index contributed by atoms with van der Waals surface area (Å²) in [6, 6.07) is 11.1. The molecule has 5 nitrogen and oxygen atoms in total. The highest BCUT2D eigenvalue weighted by Crippen LogP contribution is 2.16. The van der Waals surface area contributed by atoms with Crippen molar-refractivity contribution in [3.8, 4) is 0 Å². The number of rotatable bonds is 4. The third-order valence-corrected chi connectivity index (χ3v) is 4.23. The molecule has 128 valence electrons. The van der Waals surface area contributed by atoms with Crippen LogP contribution >= 0.6 is 0 Å². The van der Waals surface area contributed by atoms with E-state index in [4.69, 9.17) is 0 Å². The molecule has 2 aromatic heterocycles. The zero-order valence-corrected chi connectivity index (χ0v) is 14.6. The summed E-state index contributed by atoms with van der Waals surface area (Å²) in [5.74, 6) is -0.110. The Hall–Kier alpha value is -2.95. The molecule has 1 amide bonds. The number of nitrogens with one attached hydrogen (secondary N) is 1. The van der Waals surface area contributed by atoms with Crippen molar-refractivity contribution in [2.45, 2.75) is 33.4 Å². The lowest BCUT2D eigenvalue weighted by Crippen LogP contribution is -2.38. The predicted octanol–water partition coefficient (Wildman–Crippen LogP) is 3.28. The maximum Gasteiger partial charge on any atom is 0.254 e. The maximum absolute atomic E-state index is 12.8. The average Bonchev–Trinajstić information content (AvgIpc) is 2.60. The normalized spacial score (nSPS) is 11.0. The zero-order valence-electron chi connectivity index (χ0n) is 14.6. The molecule has 0 saturated carbocycles. The first-order valence-electron chi connectivity index (χ1n) is 8.29. The molecule has 0 atom stereocenters. The molecule has 0 spiro atoms. The van der Waals surface area contributed by atoms with E-state index in [1.807, 2.05) is 45.0 Å². The van der Waals surface area contributed by atoms with Gasteiger partial charge in [-0.1, -0.05) is 11.6 Å². The largest absolute Gasteiger partial charge is 0.332 e. The molecule has 0 fully saturated rings. The van der Waals surface area contributed by atoms with Crippen LogP contribution in [-0.2, 0) is 6.54 Å². The third kappa shape index (κ3) is 3.60. The fourth-order valence-corrected chi connectivity index (χ4v) is 2.82. The zero-order chi connectivity index (χ0) is 18.0. The number of pyridine rings is 2. The summed E-state index contributed by atoms with van der Waals surface area (Å²) >= 11 is 0. The quantitative estimate of drug-likeness (QED) is 0.796. The van der Waals surface area contributed by atoms with Gasteiger partial charge in [-0.25, -0.2) is 0 Å². The van der Waals surface area contributed by atoms with E-state index in [9.17, 15) is 9.59 Å². The van der Waals surface area contributed by atoms with E-state index in [-0.39, 0.29) is 24.1 Å². The number of aromatic nitrogens is 2. The fraction of sp³-hybridized carbons (Fsp3) is 0.250. The Bertz CT molecular complexity index is 962. The van der Waals surface area contributed by atoms with Crippen molar-refractivity contribution >= 4 is 16.8 Å². The first-order valence-corrected chi connectivity index (χ1v) is 8.29. The van der Waals surface area contributed by atoms with Crippen molar-refractivity contribution in [1.82, 2.24) is 14.9 Å². The maximum atomic E-state index is 12.8. The number of hydrogen-bond donors (Lipinski definition) is 1. The second-order valence-corrected chi connectivity index (χ2v) is 6.48. The predicted molar refractivity (Wildman–Crippen MR) is 98.6 cm³/mol. The summed E-state index contributed by atoms with van der Waals surface area (Å²) in [5.41, 5.74) is 2.91. The van der Waals surface area contributed by atoms with Gasteiger partial charge in [-0.05, 0) is 56.5 Å². The molecule has 0 aliphatic rings. The van der Waals surface area contributed by atoms with Crippen LogP contribution in [0.3, 0.4) is 0 Å². The number of benzene rings is 1. The lowest BCUT2D eigenvalue weighted by Gasteiger charge is -2.26. The minimum absolute atomic E-state index is 0.0340. The summed E-state index contributed by atoms with van der Waals surface area (Å²) < 4.78 is 0. The summed E-state index contributed by atoms with van der Waals surface area (Å²) in [6.07, 6.45) is 3.19. The molecule has 0 radical (unpaired) electrons. The molecule has 1 aromatic carbocycles. The Balaban J connectivity index is 1.97. The summed E-state index contributed by atoms with van der Waals surface area (Å²) in [4.78, 5) is 33.8. The molecular weight excluding hydrogens is 314 g/mol. The lowest BCUT2D eigenvalue weighted by atomic mass is 10.1. The van der Waals surface area contributed by atoms with Crippen LogP contribution in [0.25, 0.3) is 10.9 Å². The second kappa shape index (κ2) is 6.89. The number of hydrogen-bond acceptors (Lipinski definition) is 3. The summed E-state index contributed by atoms with van der Waals surface area (Å²) in [6.45, 7) is 6.16. The van der Waals surface area contributed by atoms with Crippen LogP contribution in [0.2, 0.25) is 0 Å². The molecule has 0 aliphatic carbocycles. The molecule has 3 rings (SSSR count). The monoisotopic (exact) mass is 335 g/mol. The van der Waals surface area contributed by atoms with Crippen LogP contribution in [-0.4, -0.2) is 26.8 Å². The van der Waals surface area contributed by atoms with Gasteiger partial charge >= 0.3 is 0 Å². The smallest absolute Gasteiger partial charge is 0.254 e. The van der Waals surface area contributed by atoms with Crippen molar-refractivity contribution in [2.75, 3.05) is 0 Å². The lowest BCUT2D eigenvalue weighted by molar-refractivity contribution is 0.0689. The molecule has 0 bridgehead atoms. The Labute approximate surface area is 146 Å². The standard InChI is InChI=1S/C20H21N3O2/c1-13(2)23(20(25)15-6-8-21-9-7-15)12-17-11-16-10-14(3)4-5-18(16)22-19(17)24/h4-11,13H,12H2,1-3H3,(H,22,24). The molecule has 0 unspecified atom stereocenters. The van der Waals surface area contributed by atoms with E-state index in [1.165, 1.54) is 0 Å². The number of nitrogens with zero attached hydrogens (tertiary/aromatic N) is 2. The van der Waals surface area contributed by atoms with Gasteiger partial charge in [0.25, 0.3) is 11.5 Å². The van der Waals surface area contributed by atoms with Gasteiger partial charge in [-0.2, -0.15) is 0 Å². The second-order valence-electron chi connectivity index (χ2n) is 6.48. The van der Waals surface area contributed by atoms with Crippen LogP contribution in [0, 0.1) is 6.92 Å². The van der Waals surface area contributed by atoms with Crippen LogP contribution < -0.4 is 5.56 Å². The van der Waals surface area contributed by atoms with E-state index >= 15 is 0 Å². The average molecular weight is 335 g/mol. The third-order valence-electron chi connectivity index (χ3n) is 4.23. The number of carbonyl (C=O) groups is 1. The van der Waals surface area contributed by atoms with Gasteiger partial charge in [-0.15, -0.1) is 0 Å². The van der Waals surface area contributed by atoms with Gasteiger partial charge in [0.15, 0.2) is 0 Å². The molecule has 0 saturated heterocycles. The molecule has 0 aliphatic heterocycles. The molecule has 5 heteroatoms. The first kappa shape index (κ1) is 16.9. The van der Waals surface area contributed by atoms with Crippen molar-refractivity contribution in [2.24, 2.45) is 0 Å². The molecule has 1 N–H and O–H groups in total. The Morgan fingerprint density at radius 1 is 1.16 bits per heavy atom. The van der Waals surface area contributed by atoms with E-state index in [0.29, 0.717) is 11.1 Å². The number of aromatic amines is 1. The topological polar surface area (TPSA) is 66.1 Å². The van der Waals surface area contributed by atoms with Crippen molar-refractivity contribution in [3.63, 3.8) is 0 Å². The number of H-pyrrole nitrogens is 1. The Morgan fingerprint density at radius 3 is 2.56 bits per heavy atom. The summed E-state index contributed by atoms with van der Waals surface area (Å²) in [7, 11) is 0. The highest BCUT2D eigenvalue weighted by atomic mass is 16.2. The van der Waals surface area contributed by atoms with Gasteiger partial charge in [0.05, 0.1) is 6.54 Å². The minimum Gasteiger partial charge on any atom is -0.332 e. The van der Waals surface area contributed by atoms with Gasteiger partial charge in [0.1, 0.15) is 0 Å². The van der Waals surface area contributed by atoms with E-state index in [2.05, 4.69) is 9.97 Å². The number of aryl methyl sites for hydroxylation is 1. The highest BCUT2D eigenvalue weighted by Gasteiger charge is 2.20. The molecular formula is C20H21N3O2. The van der Waals surface area contributed by atoms with E-state index < -0.39 is 0 Å². The minimum atomic E-state index is -0.162. The van der Waals surface area contributed by atoms with Gasteiger partial charge in [0, 0.05) is 35.1 Å². The molecule has 2 heterocycles. The first-order chi connectivity index (χ1) is 12.0. The van der Waals surface area contributed by atoms with Crippen molar-refractivity contribution in [1.29, 1.82) is 0 Å². The van der Waals surface area contributed by atoms with Crippen molar-refractivity contribution in [3.05, 3.63) is 75.8 Å². The number of carbonyl (C=O) groups excluding carboxylic acids is 1.